The number of benzene rings is 1. The lowest BCUT2D eigenvalue weighted by molar-refractivity contribution is 0.265. The highest BCUT2D eigenvalue weighted by Crippen LogP contribution is 2.15. The third kappa shape index (κ3) is 3.19. The van der Waals surface area contributed by atoms with E-state index in [1.807, 2.05) is 0 Å². The first-order valence-corrected chi connectivity index (χ1v) is 6.25. The molecule has 1 rings (SSSR count). The Balaban J connectivity index is 2.90. The van der Waals surface area contributed by atoms with Crippen molar-refractivity contribution in [3.05, 3.63) is 24.3 Å². The summed E-state index contributed by atoms with van der Waals surface area (Å²) in [5.74, 6) is 0.592. The summed E-state index contributed by atoms with van der Waals surface area (Å²) in [7, 11) is -2.05. The predicted molar refractivity (Wildman–Crippen MR) is 59.9 cm³/mol. The number of hydrogen-bond donors (Lipinski definition) is 2. The lowest BCUT2D eigenvalue weighted by Gasteiger charge is -2.11. The molecule has 0 fully saturated rings. The molecule has 1 aromatic rings. The number of sulfonamides is 1. The Hall–Kier alpha value is -1.11. The number of aliphatic hydroxyl groups excluding tert-OH is 1. The number of methoxy groups -OCH3 is 1. The normalized spacial score (nSPS) is 13.4. The van der Waals surface area contributed by atoms with E-state index in [0.717, 1.165) is 0 Å². The zero-order valence-corrected chi connectivity index (χ0v) is 9.99. The van der Waals surface area contributed by atoms with Gasteiger partial charge in [0.05, 0.1) is 18.6 Å². The van der Waals surface area contributed by atoms with Gasteiger partial charge in [-0.15, -0.1) is 0 Å². The van der Waals surface area contributed by atoms with Gasteiger partial charge in [-0.05, 0) is 31.2 Å². The van der Waals surface area contributed by atoms with Crippen LogP contribution < -0.4 is 9.46 Å². The van der Waals surface area contributed by atoms with E-state index in [0.29, 0.717) is 5.75 Å². The SMILES string of the molecule is COc1ccc(S(=O)(=O)NC(C)CO)cc1. The minimum Gasteiger partial charge on any atom is -0.497 e. The van der Waals surface area contributed by atoms with Crippen LogP contribution in [-0.2, 0) is 10.0 Å². The third-order valence-electron chi connectivity index (χ3n) is 2.00. The molecule has 0 amide bonds. The van der Waals surface area contributed by atoms with Crippen LogP contribution in [-0.4, -0.2) is 33.3 Å². The monoisotopic (exact) mass is 245 g/mol. The standard InChI is InChI=1S/C10H15NO4S/c1-8(7-12)11-16(13,14)10-5-3-9(15-2)4-6-10/h3-6,8,11-12H,7H2,1-2H3. The third-order valence-corrected chi connectivity index (χ3v) is 3.61. The van der Waals surface area contributed by atoms with Gasteiger partial charge < -0.3 is 9.84 Å². The molecule has 0 aliphatic heterocycles. The van der Waals surface area contributed by atoms with Crippen molar-refractivity contribution in [2.24, 2.45) is 0 Å². The molecule has 0 radical (unpaired) electrons. The van der Waals surface area contributed by atoms with Gasteiger partial charge in [-0.1, -0.05) is 0 Å². The maximum absolute atomic E-state index is 11.7. The molecule has 1 aromatic carbocycles. The molecular formula is C10H15NO4S. The fourth-order valence-corrected chi connectivity index (χ4v) is 2.36. The molecule has 0 aromatic heterocycles. The average molecular weight is 245 g/mol. The summed E-state index contributed by atoms with van der Waals surface area (Å²) in [4.78, 5) is 0.147. The fraction of sp³-hybridized carbons (Fsp3) is 0.400. The highest BCUT2D eigenvalue weighted by atomic mass is 32.2. The second-order valence-corrected chi connectivity index (χ2v) is 5.09. The Kier molecular flexibility index (Phi) is 4.28. The van der Waals surface area contributed by atoms with Crippen LogP contribution in [0.3, 0.4) is 0 Å². The van der Waals surface area contributed by atoms with E-state index in [9.17, 15) is 8.42 Å². The summed E-state index contributed by atoms with van der Waals surface area (Å²) in [5, 5.41) is 8.78. The smallest absolute Gasteiger partial charge is 0.240 e. The highest BCUT2D eigenvalue weighted by molar-refractivity contribution is 7.89. The molecule has 0 spiro atoms. The van der Waals surface area contributed by atoms with Gasteiger partial charge in [-0.3, -0.25) is 0 Å². The zero-order valence-electron chi connectivity index (χ0n) is 9.17. The van der Waals surface area contributed by atoms with Crippen molar-refractivity contribution < 1.29 is 18.3 Å². The van der Waals surface area contributed by atoms with Gasteiger partial charge in [0, 0.05) is 6.04 Å². The second-order valence-electron chi connectivity index (χ2n) is 3.38. The van der Waals surface area contributed by atoms with E-state index in [1.54, 1.807) is 19.1 Å². The number of hydrogen-bond acceptors (Lipinski definition) is 4. The first-order valence-electron chi connectivity index (χ1n) is 4.77. The lowest BCUT2D eigenvalue weighted by atomic mass is 10.3. The molecule has 5 nitrogen and oxygen atoms in total. The van der Waals surface area contributed by atoms with Crippen molar-refractivity contribution in [1.29, 1.82) is 0 Å². The van der Waals surface area contributed by atoms with Crippen molar-refractivity contribution in [3.63, 3.8) is 0 Å². The maximum Gasteiger partial charge on any atom is 0.240 e. The van der Waals surface area contributed by atoms with Crippen LogP contribution in [0.5, 0.6) is 5.75 Å². The van der Waals surface area contributed by atoms with E-state index < -0.39 is 16.1 Å². The molecule has 0 bridgehead atoms. The molecule has 6 heteroatoms. The van der Waals surface area contributed by atoms with E-state index in [4.69, 9.17) is 9.84 Å². The van der Waals surface area contributed by atoms with Crippen molar-refractivity contribution in [1.82, 2.24) is 4.72 Å². The average Bonchev–Trinajstić information content (AvgIpc) is 2.28. The summed E-state index contributed by atoms with van der Waals surface area (Å²) in [6.45, 7) is 1.34. The number of aliphatic hydroxyl groups is 1. The summed E-state index contributed by atoms with van der Waals surface area (Å²) >= 11 is 0. The number of ether oxygens (including phenoxy) is 1. The molecule has 0 saturated heterocycles. The van der Waals surface area contributed by atoms with E-state index >= 15 is 0 Å². The van der Waals surface area contributed by atoms with E-state index in [-0.39, 0.29) is 11.5 Å². The van der Waals surface area contributed by atoms with Crippen LogP contribution in [0.25, 0.3) is 0 Å². The quantitative estimate of drug-likeness (QED) is 0.785. The van der Waals surface area contributed by atoms with Gasteiger partial charge >= 0.3 is 0 Å². The Morgan fingerprint density at radius 2 is 1.94 bits per heavy atom. The van der Waals surface area contributed by atoms with E-state index in [2.05, 4.69) is 4.72 Å². The Labute approximate surface area is 95.1 Å². The topological polar surface area (TPSA) is 75.6 Å². The molecule has 16 heavy (non-hydrogen) atoms. The number of nitrogens with one attached hydrogen (secondary N) is 1. The molecule has 90 valence electrons. The summed E-state index contributed by atoms with van der Waals surface area (Å²) < 4.78 is 30.7. The van der Waals surface area contributed by atoms with Gasteiger partial charge in [0.1, 0.15) is 5.75 Å². The van der Waals surface area contributed by atoms with Gasteiger partial charge in [-0.2, -0.15) is 0 Å². The van der Waals surface area contributed by atoms with Crippen molar-refractivity contribution in [2.45, 2.75) is 17.9 Å². The fourth-order valence-electron chi connectivity index (χ4n) is 1.13. The largest absolute Gasteiger partial charge is 0.497 e. The van der Waals surface area contributed by atoms with Crippen LogP contribution in [0.1, 0.15) is 6.92 Å². The number of rotatable bonds is 5. The molecule has 2 N–H and O–H groups in total. The highest BCUT2D eigenvalue weighted by Gasteiger charge is 2.16. The maximum atomic E-state index is 11.7. The van der Waals surface area contributed by atoms with Crippen LogP contribution in [0.4, 0.5) is 0 Å². The lowest BCUT2D eigenvalue weighted by Crippen LogP contribution is -2.34. The van der Waals surface area contributed by atoms with Crippen LogP contribution >= 0.6 is 0 Å². The molecular weight excluding hydrogens is 230 g/mol. The molecule has 0 heterocycles. The summed E-state index contributed by atoms with van der Waals surface area (Å²) in [6.07, 6.45) is 0. The van der Waals surface area contributed by atoms with Gasteiger partial charge in [0.2, 0.25) is 10.0 Å². The molecule has 1 atom stereocenters. The minimum atomic E-state index is -3.56. The Morgan fingerprint density at radius 3 is 2.38 bits per heavy atom. The van der Waals surface area contributed by atoms with Crippen LogP contribution in [0.2, 0.25) is 0 Å². The van der Waals surface area contributed by atoms with Gasteiger partial charge in [0.15, 0.2) is 0 Å². The predicted octanol–water partition coefficient (Wildman–Crippen LogP) is 0.354. The molecule has 0 saturated carbocycles. The minimum absolute atomic E-state index is 0.147. The van der Waals surface area contributed by atoms with Gasteiger partial charge in [-0.25, -0.2) is 13.1 Å². The zero-order chi connectivity index (χ0) is 12.2. The van der Waals surface area contributed by atoms with Gasteiger partial charge in [0.25, 0.3) is 0 Å². The Morgan fingerprint density at radius 1 is 1.38 bits per heavy atom. The van der Waals surface area contributed by atoms with Crippen LogP contribution in [0.15, 0.2) is 29.2 Å². The second kappa shape index (κ2) is 5.29. The molecule has 0 aliphatic carbocycles. The van der Waals surface area contributed by atoms with Crippen molar-refractivity contribution in [2.75, 3.05) is 13.7 Å². The Bertz CT molecular complexity index is 427. The van der Waals surface area contributed by atoms with Crippen LogP contribution in [0, 0.1) is 0 Å². The van der Waals surface area contributed by atoms with Crippen molar-refractivity contribution >= 4 is 10.0 Å². The first kappa shape index (κ1) is 13.0. The first-order chi connectivity index (χ1) is 7.49. The van der Waals surface area contributed by atoms with E-state index in [1.165, 1.54) is 19.2 Å². The summed E-state index contributed by atoms with van der Waals surface area (Å²) in [6, 6.07) is 5.53. The summed E-state index contributed by atoms with van der Waals surface area (Å²) in [5.41, 5.74) is 0. The molecule has 0 aliphatic rings. The van der Waals surface area contributed by atoms with Crippen molar-refractivity contribution in [3.8, 4) is 5.75 Å². The molecule has 1 unspecified atom stereocenters.